The Bertz CT molecular complexity index is 1230. The summed E-state index contributed by atoms with van der Waals surface area (Å²) in [6, 6.07) is 15.0. The molecule has 3 aromatic carbocycles. The van der Waals surface area contributed by atoms with Crippen LogP contribution < -0.4 is 20.1 Å². The third-order valence-electron chi connectivity index (χ3n) is 4.44. The molecule has 0 saturated heterocycles. The second-order valence-electron chi connectivity index (χ2n) is 6.85. The van der Waals surface area contributed by atoms with Crippen LogP contribution in [-0.4, -0.2) is 37.6 Å². The lowest BCUT2D eigenvalue weighted by atomic mass is 10.1. The smallest absolute Gasteiger partial charge is 0.313 e. The Morgan fingerprint density at radius 3 is 2.32 bits per heavy atom. The van der Waals surface area contributed by atoms with E-state index in [4.69, 9.17) is 25.8 Å². The van der Waals surface area contributed by atoms with Gasteiger partial charge in [-0.1, -0.05) is 17.7 Å². The van der Waals surface area contributed by atoms with E-state index in [1.54, 1.807) is 24.3 Å². The van der Waals surface area contributed by atoms with E-state index in [0.717, 1.165) is 0 Å². The highest BCUT2D eigenvalue weighted by Crippen LogP contribution is 2.38. The summed E-state index contributed by atoms with van der Waals surface area (Å²) in [6.07, 6.45) is 0. The van der Waals surface area contributed by atoms with Crippen molar-refractivity contribution in [2.75, 3.05) is 31.5 Å². The third kappa shape index (κ3) is 6.21. The summed E-state index contributed by atoms with van der Waals surface area (Å²) in [7, 11) is 2.80. The molecule has 0 atom stereocenters. The number of nitrogens with one attached hydrogen (secondary N) is 2. The number of nitrogens with zero attached hydrogens (tertiary/aromatic N) is 1. The average molecular weight is 486 g/mol. The number of hydrogen-bond acceptors (Lipinski definition) is 7. The molecule has 11 heteroatoms. The quantitative estimate of drug-likeness (QED) is 0.326. The molecule has 2 N–H and O–H groups in total. The molecule has 0 bridgehead atoms. The molecule has 3 aromatic rings. The number of carbonyl (C=O) groups is 2. The lowest BCUT2D eigenvalue weighted by molar-refractivity contribution is -0.385. The van der Waals surface area contributed by atoms with Crippen LogP contribution in [0.5, 0.6) is 17.2 Å². The van der Waals surface area contributed by atoms with Gasteiger partial charge in [0.2, 0.25) is 11.7 Å². The highest BCUT2D eigenvalue weighted by Gasteiger charge is 2.19. The van der Waals surface area contributed by atoms with Crippen molar-refractivity contribution in [3.63, 3.8) is 0 Å². The summed E-state index contributed by atoms with van der Waals surface area (Å²) >= 11 is 5.84. The monoisotopic (exact) mass is 485 g/mol. The van der Waals surface area contributed by atoms with Crippen molar-refractivity contribution >= 4 is 40.5 Å². The molecule has 0 aliphatic carbocycles. The zero-order valence-corrected chi connectivity index (χ0v) is 18.9. The van der Waals surface area contributed by atoms with Crippen LogP contribution >= 0.6 is 11.6 Å². The van der Waals surface area contributed by atoms with Crippen molar-refractivity contribution < 1.29 is 28.7 Å². The van der Waals surface area contributed by atoms with E-state index < -0.39 is 10.8 Å². The van der Waals surface area contributed by atoms with Gasteiger partial charge in [0.15, 0.2) is 11.5 Å². The predicted octanol–water partition coefficient (Wildman–Crippen LogP) is 4.89. The average Bonchev–Trinajstić information content (AvgIpc) is 2.80. The van der Waals surface area contributed by atoms with Gasteiger partial charge >= 0.3 is 5.69 Å². The first kappa shape index (κ1) is 24.5. The molecular formula is C23H20ClN3O7. The maximum atomic E-state index is 12.7. The van der Waals surface area contributed by atoms with Gasteiger partial charge in [0.05, 0.1) is 12.0 Å². The number of amides is 2. The van der Waals surface area contributed by atoms with Crippen LogP contribution in [-0.2, 0) is 9.53 Å². The van der Waals surface area contributed by atoms with Crippen LogP contribution in [0.1, 0.15) is 10.4 Å². The van der Waals surface area contributed by atoms with Crippen molar-refractivity contribution in [2.24, 2.45) is 0 Å². The molecular weight excluding hydrogens is 466 g/mol. The SMILES string of the molecule is COCC(=O)Nc1cccc(NC(=O)c2ccc(Oc3ccc(Cl)cc3[N+](=O)[O-])c(OC)c2)c1. The Morgan fingerprint density at radius 1 is 0.941 bits per heavy atom. The molecule has 3 rings (SSSR count). The zero-order valence-electron chi connectivity index (χ0n) is 18.2. The minimum Gasteiger partial charge on any atom is -0.493 e. The molecule has 0 saturated carbocycles. The largest absolute Gasteiger partial charge is 0.493 e. The van der Waals surface area contributed by atoms with Gasteiger partial charge in [-0.3, -0.25) is 19.7 Å². The van der Waals surface area contributed by atoms with Crippen LogP contribution in [0.15, 0.2) is 60.7 Å². The van der Waals surface area contributed by atoms with Gasteiger partial charge in [-0.2, -0.15) is 0 Å². The van der Waals surface area contributed by atoms with Crippen molar-refractivity contribution in [2.45, 2.75) is 0 Å². The summed E-state index contributed by atoms with van der Waals surface area (Å²) in [6.45, 7) is -0.0933. The molecule has 0 aromatic heterocycles. The maximum Gasteiger partial charge on any atom is 0.313 e. The van der Waals surface area contributed by atoms with Crippen molar-refractivity contribution in [1.82, 2.24) is 0 Å². The van der Waals surface area contributed by atoms with Crippen LogP contribution in [0, 0.1) is 10.1 Å². The van der Waals surface area contributed by atoms with Gasteiger partial charge in [0.25, 0.3) is 5.91 Å². The molecule has 10 nitrogen and oxygen atoms in total. The first-order chi connectivity index (χ1) is 16.3. The molecule has 0 heterocycles. The fourth-order valence-electron chi connectivity index (χ4n) is 2.94. The van der Waals surface area contributed by atoms with E-state index in [1.807, 2.05) is 0 Å². The summed E-state index contributed by atoms with van der Waals surface area (Å²) in [5, 5.41) is 16.9. The maximum absolute atomic E-state index is 12.7. The molecule has 0 radical (unpaired) electrons. The normalized spacial score (nSPS) is 10.3. The number of halogens is 1. The molecule has 34 heavy (non-hydrogen) atoms. The second-order valence-corrected chi connectivity index (χ2v) is 7.29. The molecule has 0 fully saturated rings. The molecule has 0 spiro atoms. The number of nitro groups is 1. The van der Waals surface area contributed by atoms with Crippen molar-refractivity contribution in [1.29, 1.82) is 0 Å². The van der Waals surface area contributed by atoms with Crippen molar-refractivity contribution in [3.8, 4) is 17.2 Å². The van der Waals surface area contributed by atoms with E-state index in [1.165, 1.54) is 50.6 Å². The Kier molecular flexibility index (Phi) is 8.01. The number of carbonyl (C=O) groups excluding carboxylic acids is 2. The Morgan fingerprint density at radius 2 is 1.65 bits per heavy atom. The topological polar surface area (TPSA) is 129 Å². The molecule has 0 aliphatic rings. The molecule has 0 unspecified atom stereocenters. The highest BCUT2D eigenvalue weighted by atomic mass is 35.5. The summed E-state index contributed by atoms with van der Waals surface area (Å²) in [4.78, 5) is 35.1. The number of methoxy groups -OCH3 is 2. The molecule has 176 valence electrons. The van der Waals surface area contributed by atoms with Gasteiger partial charge in [-0.25, -0.2) is 0 Å². The number of ether oxygens (including phenoxy) is 3. The second kappa shape index (κ2) is 11.1. The summed E-state index contributed by atoms with van der Waals surface area (Å²) < 4.78 is 15.8. The van der Waals surface area contributed by atoms with Gasteiger partial charge < -0.3 is 24.8 Å². The van der Waals surface area contributed by atoms with Gasteiger partial charge in [0, 0.05) is 35.1 Å². The van der Waals surface area contributed by atoms with E-state index in [-0.39, 0.29) is 46.0 Å². The number of anilines is 2. The third-order valence-corrected chi connectivity index (χ3v) is 4.68. The number of benzene rings is 3. The van der Waals surface area contributed by atoms with E-state index in [0.29, 0.717) is 11.4 Å². The lowest BCUT2D eigenvalue weighted by Crippen LogP contribution is -2.17. The number of rotatable bonds is 9. The zero-order chi connectivity index (χ0) is 24.7. The Hall–Kier alpha value is -4.15. The lowest BCUT2D eigenvalue weighted by Gasteiger charge is -2.13. The summed E-state index contributed by atoms with van der Waals surface area (Å²) in [5.74, 6) is -0.433. The fraction of sp³-hybridized carbons (Fsp3) is 0.130. The van der Waals surface area contributed by atoms with E-state index in [9.17, 15) is 19.7 Å². The van der Waals surface area contributed by atoms with Crippen LogP contribution in [0.4, 0.5) is 17.1 Å². The molecule has 0 aliphatic heterocycles. The van der Waals surface area contributed by atoms with Gasteiger partial charge in [-0.15, -0.1) is 0 Å². The Labute approximate surface area is 199 Å². The fourth-order valence-corrected chi connectivity index (χ4v) is 3.10. The Balaban J connectivity index is 1.78. The first-order valence-corrected chi connectivity index (χ1v) is 10.2. The van der Waals surface area contributed by atoms with Crippen LogP contribution in [0.3, 0.4) is 0 Å². The number of hydrogen-bond donors (Lipinski definition) is 2. The summed E-state index contributed by atoms with van der Waals surface area (Å²) in [5.41, 5.74) is 0.888. The van der Waals surface area contributed by atoms with Gasteiger partial charge in [-0.05, 0) is 48.5 Å². The van der Waals surface area contributed by atoms with Crippen LogP contribution in [0.25, 0.3) is 0 Å². The minimum absolute atomic E-state index is 0.0303. The number of nitro benzene ring substituents is 1. The predicted molar refractivity (Wildman–Crippen MR) is 126 cm³/mol. The van der Waals surface area contributed by atoms with Gasteiger partial charge in [0.1, 0.15) is 6.61 Å². The van der Waals surface area contributed by atoms with Crippen molar-refractivity contribution in [3.05, 3.63) is 81.4 Å². The van der Waals surface area contributed by atoms with E-state index >= 15 is 0 Å². The molecule has 2 amide bonds. The van der Waals surface area contributed by atoms with Crippen LogP contribution in [0.2, 0.25) is 5.02 Å². The minimum atomic E-state index is -0.610. The first-order valence-electron chi connectivity index (χ1n) is 9.80. The highest BCUT2D eigenvalue weighted by molar-refractivity contribution is 6.30. The standard InChI is InChI=1S/C23H20ClN3O7/c1-32-13-22(28)25-16-4-3-5-17(12-16)26-23(29)14-6-8-20(21(10-14)33-2)34-19-9-7-15(24)11-18(19)27(30)31/h3-12H,13H2,1-2H3,(H,25,28)(H,26,29). The van der Waals surface area contributed by atoms with E-state index in [2.05, 4.69) is 10.6 Å².